The first-order valence-corrected chi connectivity index (χ1v) is 6.15. The van der Waals surface area contributed by atoms with E-state index in [2.05, 4.69) is 15.5 Å². The largest absolute Gasteiger partial charge is 0.423 e. The Morgan fingerprint density at radius 2 is 1.73 bits per heavy atom. The predicted molar refractivity (Wildman–Crippen MR) is 70.5 cm³/mol. The van der Waals surface area contributed by atoms with E-state index in [9.17, 15) is 13.6 Å². The number of rotatable bonds is 3. The van der Waals surface area contributed by atoms with Crippen LogP contribution in [0.15, 0.2) is 48.8 Å². The van der Waals surface area contributed by atoms with Crippen molar-refractivity contribution in [1.82, 2.24) is 20.2 Å². The predicted octanol–water partition coefficient (Wildman–Crippen LogP) is 2.16. The van der Waals surface area contributed by atoms with Crippen LogP contribution in [0, 0.1) is 11.6 Å². The lowest BCUT2D eigenvalue weighted by atomic mass is 10.2. The van der Waals surface area contributed by atoms with Crippen LogP contribution in [0.1, 0.15) is 10.4 Å². The summed E-state index contributed by atoms with van der Waals surface area (Å²) in [6.45, 7) is 0. The third-order valence-electron chi connectivity index (χ3n) is 2.83. The van der Waals surface area contributed by atoms with Gasteiger partial charge in [-0.15, -0.1) is 5.10 Å². The summed E-state index contributed by atoms with van der Waals surface area (Å²) in [6.07, 6.45) is 1.40. The molecule has 2 aromatic carbocycles. The highest BCUT2D eigenvalue weighted by atomic mass is 19.1. The maximum Gasteiger partial charge on any atom is 0.349 e. The van der Waals surface area contributed by atoms with E-state index in [-0.39, 0.29) is 5.75 Å². The first kappa shape index (κ1) is 13.8. The highest BCUT2D eigenvalue weighted by Crippen LogP contribution is 2.18. The number of halogens is 2. The van der Waals surface area contributed by atoms with E-state index in [1.54, 1.807) is 12.1 Å². The second kappa shape index (κ2) is 5.68. The molecule has 0 saturated heterocycles. The third kappa shape index (κ3) is 2.66. The molecule has 0 radical (unpaired) electrons. The molecule has 0 atom stereocenters. The van der Waals surface area contributed by atoms with Crippen molar-refractivity contribution in [3.8, 4) is 11.4 Å². The topological polar surface area (TPSA) is 69.9 Å². The fourth-order valence-corrected chi connectivity index (χ4v) is 1.80. The SMILES string of the molecule is O=C(Oc1ccc(-n2cnnn2)cc1)c1c(F)cccc1F. The molecule has 110 valence electrons. The van der Waals surface area contributed by atoms with Gasteiger partial charge in [0.25, 0.3) is 0 Å². The molecule has 0 saturated carbocycles. The van der Waals surface area contributed by atoms with E-state index < -0.39 is 23.2 Å². The molecular formula is C14H8F2N4O2. The van der Waals surface area contributed by atoms with Gasteiger partial charge < -0.3 is 4.74 Å². The summed E-state index contributed by atoms with van der Waals surface area (Å²) in [5.41, 5.74) is -0.0890. The standard InChI is InChI=1S/C14H8F2N4O2/c15-11-2-1-3-12(16)13(11)14(21)22-10-6-4-9(5-7-10)20-8-17-18-19-20/h1-8H. The van der Waals surface area contributed by atoms with Crippen LogP contribution in [0.5, 0.6) is 5.75 Å². The molecular weight excluding hydrogens is 294 g/mol. The fourth-order valence-electron chi connectivity index (χ4n) is 1.80. The lowest BCUT2D eigenvalue weighted by molar-refractivity contribution is 0.0724. The Hall–Kier alpha value is -3.16. The molecule has 0 aliphatic carbocycles. The molecule has 0 fully saturated rings. The number of carbonyl (C=O) groups is 1. The van der Waals surface area contributed by atoms with Crippen molar-refractivity contribution in [2.75, 3.05) is 0 Å². The summed E-state index contributed by atoms with van der Waals surface area (Å²) >= 11 is 0. The summed E-state index contributed by atoms with van der Waals surface area (Å²) in [7, 11) is 0. The Balaban J connectivity index is 1.80. The van der Waals surface area contributed by atoms with Crippen LogP contribution in [0.4, 0.5) is 8.78 Å². The number of tetrazole rings is 1. The van der Waals surface area contributed by atoms with E-state index in [1.165, 1.54) is 29.2 Å². The highest BCUT2D eigenvalue weighted by molar-refractivity contribution is 5.91. The average Bonchev–Trinajstić information content (AvgIpc) is 3.02. The number of carbonyl (C=O) groups excluding carboxylic acids is 1. The Kier molecular flexibility index (Phi) is 3.57. The number of ether oxygens (including phenoxy) is 1. The van der Waals surface area contributed by atoms with Crippen molar-refractivity contribution < 1.29 is 18.3 Å². The van der Waals surface area contributed by atoms with Crippen molar-refractivity contribution in [2.24, 2.45) is 0 Å². The average molecular weight is 302 g/mol. The van der Waals surface area contributed by atoms with Gasteiger partial charge in [0.1, 0.15) is 29.3 Å². The lowest BCUT2D eigenvalue weighted by Crippen LogP contribution is -2.13. The molecule has 8 heteroatoms. The van der Waals surface area contributed by atoms with E-state index in [4.69, 9.17) is 4.74 Å². The minimum Gasteiger partial charge on any atom is -0.423 e. The third-order valence-corrected chi connectivity index (χ3v) is 2.83. The van der Waals surface area contributed by atoms with Crippen LogP contribution in [-0.2, 0) is 0 Å². The zero-order chi connectivity index (χ0) is 15.5. The summed E-state index contributed by atoms with van der Waals surface area (Å²) in [6, 6.07) is 9.26. The number of esters is 1. The van der Waals surface area contributed by atoms with E-state index in [0.29, 0.717) is 5.69 Å². The molecule has 1 heterocycles. The van der Waals surface area contributed by atoms with Gasteiger partial charge in [-0.3, -0.25) is 0 Å². The Morgan fingerprint density at radius 1 is 1.05 bits per heavy atom. The monoisotopic (exact) mass is 302 g/mol. The molecule has 6 nitrogen and oxygen atoms in total. The van der Waals surface area contributed by atoms with Crippen LogP contribution < -0.4 is 4.74 Å². The number of hydrogen-bond donors (Lipinski definition) is 0. The van der Waals surface area contributed by atoms with Gasteiger partial charge in [0, 0.05) is 0 Å². The molecule has 3 rings (SSSR count). The van der Waals surface area contributed by atoms with E-state index in [1.807, 2.05) is 0 Å². The van der Waals surface area contributed by atoms with Crippen LogP contribution in [0.25, 0.3) is 5.69 Å². The first-order valence-electron chi connectivity index (χ1n) is 6.15. The van der Waals surface area contributed by atoms with Gasteiger partial charge in [0.2, 0.25) is 0 Å². The Labute approximate surface area is 123 Å². The molecule has 0 amide bonds. The summed E-state index contributed by atoms with van der Waals surface area (Å²) in [5, 5.41) is 10.7. The normalized spacial score (nSPS) is 10.5. The quantitative estimate of drug-likeness (QED) is 0.548. The van der Waals surface area contributed by atoms with Gasteiger partial charge in [0.05, 0.1) is 5.69 Å². The van der Waals surface area contributed by atoms with Crippen molar-refractivity contribution in [3.63, 3.8) is 0 Å². The molecule has 0 N–H and O–H groups in total. The van der Waals surface area contributed by atoms with Crippen molar-refractivity contribution in [1.29, 1.82) is 0 Å². The van der Waals surface area contributed by atoms with Crippen molar-refractivity contribution >= 4 is 5.97 Å². The zero-order valence-corrected chi connectivity index (χ0v) is 11.0. The highest BCUT2D eigenvalue weighted by Gasteiger charge is 2.19. The second-order valence-corrected chi connectivity index (χ2v) is 4.23. The van der Waals surface area contributed by atoms with Gasteiger partial charge in [-0.2, -0.15) is 0 Å². The van der Waals surface area contributed by atoms with Crippen LogP contribution in [0.2, 0.25) is 0 Å². The van der Waals surface area contributed by atoms with Gasteiger partial charge >= 0.3 is 5.97 Å². The van der Waals surface area contributed by atoms with Gasteiger partial charge in [-0.25, -0.2) is 18.3 Å². The Morgan fingerprint density at radius 3 is 2.32 bits per heavy atom. The minimum atomic E-state index is -1.11. The van der Waals surface area contributed by atoms with E-state index >= 15 is 0 Å². The second-order valence-electron chi connectivity index (χ2n) is 4.23. The van der Waals surface area contributed by atoms with Gasteiger partial charge in [-0.1, -0.05) is 6.07 Å². The number of hydrogen-bond acceptors (Lipinski definition) is 5. The zero-order valence-electron chi connectivity index (χ0n) is 11.0. The molecule has 0 bridgehead atoms. The summed E-state index contributed by atoms with van der Waals surface area (Å²) in [4.78, 5) is 11.8. The van der Waals surface area contributed by atoms with Crippen LogP contribution >= 0.6 is 0 Å². The maximum atomic E-state index is 13.5. The van der Waals surface area contributed by atoms with Crippen LogP contribution in [-0.4, -0.2) is 26.2 Å². The molecule has 3 aromatic rings. The van der Waals surface area contributed by atoms with Crippen molar-refractivity contribution in [3.05, 3.63) is 66.0 Å². The number of aromatic nitrogens is 4. The minimum absolute atomic E-state index is 0.143. The summed E-state index contributed by atoms with van der Waals surface area (Å²) in [5.74, 6) is -2.92. The summed E-state index contributed by atoms with van der Waals surface area (Å²) < 4.78 is 33.3. The fraction of sp³-hybridized carbons (Fsp3) is 0. The van der Waals surface area contributed by atoms with E-state index in [0.717, 1.165) is 12.1 Å². The molecule has 0 spiro atoms. The molecule has 22 heavy (non-hydrogen) atoms. The molecule has 1 aromatic heterocycles. The smallest absolute Gasteiger partial charge is 0.349 e. The lowest BCUT2D eigenvalue weighted by Gasteiger charge is -2.06. The molecule has 0 aliphatic heterocycles. The van der Waals surface area contributed by atoms with Gasteiger partial charge in [0.15, 0.2) is 0 Å². The van der Waals surface area contributed by atoms with Gasteiger partial charge in [-0.05, 0) is 46.8 Å². The Bertz CT molecular complexity index is 784. The number of nitrogens with zero attached hydrogens (tertiary/aromatic N) is 4. The number of benzene rings is 2. The first-order chi connectivity index (χ1) is 10.6. The molecule has 0 unspecified atom stereocenters. The molecule has 0 aliphatic rings. The van der Waals surface area contributed by atoms with Crippen LogP contribution in [0.3, 0.4) is 0 Å². The maximum absolute atomic E-state index is 13.5. The van der Waals surface area contributed by atoms with Crippen molar-refractivity contribution in [2.45, 2.75) is 0 Å².